The lowest BCUT2D eigenvalue weighted by atomic mass is 10.2. The van der Waals surface area contributed by atoms with Crippen LogP contribution in [0.15, 0.2) is 60.7 Å². The molecular weight excluding hydrogens is 399 g/mol. The molecule has 0 N–H and O–H groups in total. The van der Waals surface area contributed by atoms with Crippen LogP contribution in [0.1, 0.15) is 65.2 Å². The lowest BCUT2D eigenvalue weighted by Crippen LogP contribution is -3.00. The predicted octanol–water partition coefficient (Wildman–Crippen LogP) is 3.82. The standard InChI is InChI=1S/C24H36P.BrH/c1-3-5-7-15-21-25(22-16-8-6-4-2,23-17-11-9-12-18-23)24-19-13-10-14-20-24;/h9-14,17-20H,3-8,15-16,21-22H2,1-2H3;1H/q+1;/p-1. The van der Waals surface area contributed by atoms with Crippen molar-refractivity contribution in [1.82, 2.24) is 0 Å². The van der Waals surface area contributed by atoms with Crippen molar-refractivity contribution in [2.75, 3.05) is 12.3 Å². The third-order valence-electron chi connectivity index (χ3n) is 5.29. The average Bonchev–Trinajstić information content (AvgIpc) is 2.68. The first-order valence-electron chi connectivity index (χ1n) is 10.3. The lowest BCUT2D eigenvalue weighted by molar-refractivity contribution is -0.00000525. The van der Waals surface area contributed by atoms with E-state index in [1.807, 2.05) is 0 Å². The second-order valence-electron chi connectivity index (χ2n) is 7.21. The van der Waals surface area contributed by atoms with Crippen LogP contribution in [0.2, 0.25) is 0 Å². The van der Waals surface area contributed by atoms with Gasteiger partial charge < -0.3 is 17.0 Å². The molecule has 0 heterocycles. The zero-order valence-corrected chi connectivity index (χ0v) is 19.2. The van der Waals surface area contributed by atoms with E-state index in [4.69, 9.17) is 0 Å². The summed E-state index contributed by atoms with van der Waals surface area (Å²) in [5.74, 6) is 0. The molecule has 0 fully saturated rings. The minimum atomic E-state index is -1.28. The first-order valence-corrected chi connectivity index (χ1v) is 12.5. The minimum Gasteiger partial charge on any atom is -1.00 e. The summed E-state index contributed by atoms with van der Waals surface area (Å²) in [6.07, 6.45) is 13.7. The highest BCUT2D eigenvalue weighted by Crippen LogP contribution is 2.57. The fourth-order valence-corrected chi connectivity index (χ4v) is 8.39. The maximum Gasteiger partial charge on any atom is 0.0991 e. The molecule has 0 aliphatic heterocycles. The first-order chi connectivity index (χ1) is 12.3. The van der Waals surface area contributed by atoms with Gasteiger partial charge in [-0.05, 0) is 49.9 Å². The lowest BCUT2D eigenvalue weighted by Gasteiger charge is -2.28. The Kier molecular flexibility index (Phi) is 12.2. The average molecular weight is 435 g/mol. The molecule has 0 aliphatic carbocycles. The molecule has 0 unspecified atom stereocenters. The van der Waals surface area contributed by atoms with Crippen molar-refractivity contribution in [1.29, 1.82) is 0 Å². The summed E-state index contributed by atoms with van der Waals surface area (Å²) < 4.78 is 0. The molecular formula is C24H36BrP. The molecule has 0 saturated heterocycles. The van der Waals surface area contributed by atoms with E-state index < -0.39 is 7.26 Å². The third-order valence-corrected chi connectivity index (χ3v) is 10.0. The molecule has 2 aromatic carbocycles. The summed E-state index contributed by atoms with van der Waals surface area (Å²) in [6, 6.07) is 22.9. The van der Waals surface area contributed by atoms with Crippen molar-refractivity contribution >= 4 is 17.9 Å². The second-order valence-corrected chi connectivity index (χ2v) is 11.1. The van der Waals surface area contributed by atoms with Crippen LogP contribution in [0, 0.1) is 0 Å². The summed E-state index contributed by atoms with van der Waals surface area (Å²) in [5.41, 5.74) is 0. The Balaban J connectivity index is 0.00000338. The van der Waals surface area contributed by atoms with Crippen molar-refractivity contribution < 1.29 is 17.0 Å². The van der Waals surface area contributed by atoms with E-state index >= 15 is 0 Å². The zero-order valence-electron chi connectivity index (χ0n) is 16.7. The smallest absolute Gasteiger partial charge is 0.0991 e. The maximum absolute atomic E-state index is 2.40. The SMILES string of the molecule is CCCCCC[P+](CCCCCC)(c1ccccc1)c1ccccc1.[Br-]. The van der Waals surface area contributed by atoms with E-state index in [1.54, 1.807) is 10.6 Å². The van der Waals surface area contributed by atoms with Gasteiger partial charge in [0.25, 0.3) is 0 Å². The van der Waals surface area contributed by atoms with E-state index in [9.17, 15) is 0 Å². The van der Waals surface area contributed by atoms with Gasteiger partial charge in [0.1, 0.15) is 0 Å². The van der Waals surface area contributed by atoms with E-state index in [2.05, 4.69) is 74.5 Å². The van der Waals surface area contributed by atoms with Crippen molar-refractivity contribution in [3.8, 4) is 0 Å². The fourth-order valence-electron chi connectivity index (χ4n) is 3.82. The molecule has 26 heavy (non-hydrogen) atoms. The van der Waals surface area contributed by atoms with Crippen LogP contribution in [0.25, 0.3) is 0 Å². The molecule has 0 amide bonds. The Morgan fingerprint density at radius 2 is 0.923 bits per heavy atom. The normalized spacial score (nSPS) is 11.2. The van der Waals surface area contributed by atoms with Gasteiger partial charge in [0, 0.05) is 0 Å². The zero-order chi connectivity index (χ0) is 17.8. The topological polar surface area (TPSA) is 0 Å². The predicted molar refractivity (Wildman–Crippen MR) is 117 cm³/mol. The Bertz CT molecular complexity index is 514. The van der Waals surface area contributed by atoms with Crippen LogP contribution in [-0.2, 0) is 0 Å². The van der Waals surface area contributed by atoms with E-state index in [1.165, 1.54) is 63.7 Å². The largest absolute Gasteiger partial charge is 1.00 e. The number of rotatable bonds is 12. The van der Waals surface area contributed by atoms with Gasteiger partial charge in [-0.2, -0.15) is 0 Å². The first kappa shape index (κ1) is 23.4. The van der Waals surface area contributed by atoms with Gasteiger partial charge >= 0.3 is 0 Å². The molecule has 2 rings (SSSR count). The second kappa shape index (κ2) is 13.5. The molecule has 0 saturated carbocycles. The van der Waals surface area contributed by atoms with Crippen LogP contribution in [0.5, 0.6) is 0 Å². The van der Waals surface area contributed by atoms with E-state index in [0.29, 0.717) is 0 Å². The van der Waals surface area contributed by atoms with Gasteiger partial charge in [-0.1, -0.05) is 75.9 Å². The Morgan fingerprint density at radius 1 is 0.538 bits per heavy atom. The molecule has 144 valence electrons. The van der Waals surface area contributed by atoms with Crippen LogP contribution in [0.3, 0.4) is 0 Å². The van der Waals surface area contributed by atoms with Gasteiger partial charge in [-0.15, -0.1) is 0 Å². The number of hydrogen-bond donors (Lipinski definition) is 0. The van der Waals surface area contributed by atoms with Crippen LogP contribution >= 0.6 is 7.26 Å². The van der Waals surface area contributed by atoms with Gasteiger partial charge in [0.15, 0.2) is 0 Å². The molecule has 0 aromatic heterocycles. The summed E-state index contributed by atoms with van der Waals surface area (Å²) >= 11 is 0. The van der Waals surface area contributed by atoms with Gasteiger partial charge in [0.05, 0.1) is 30.2 Å². The third kappa shape index (κ3) is 6.82. The quantitative estimate of drug-likeness (QED) is 0.351. The molecule has 0 spiro atoms. The number of benzene rings is 2. The maximum atomic E-state index is 2.40. The van der Waals surface area contributed by atoms with Crippen molar-refractivity contribution in [2.45, 2.75) is 65.2 Å². The monoisotopic (exact) mass is 434 g/mol. The van der Waals surface area contributed by atoms with E-state index in [-0.39, 0.29) is 17.0 Å². The van der Waals surface area contributed by atoms with Gasteiger partial charge in [-0.25, -0.2) is 0 Å². The fraction of sp³-hybridized carbons (Fsp3) is 0.500. The van der Waals surface area contributed by atoms with Crippen molar-refractivity contribution in [3.63, 3.8) is 0 Å². The molecule has 0 radical (unpaired) electrons. The summed E-state index contributed by atoms with van der Waals surface area (Å²) in [7, 11) is -1.28. The minimum absolute atomic E-state index is 0. The molecule has 0 bridgehead atoms. The van der Waals surface area contributed by atoms with Crippen LogP contribution < -0.4 is 27.6 Å². The molecule has 2 heteroatoms. The molecule has 2 aromatic rings. The van der Waals surface area contributed by atoms with Gasteiger partial charge in [0.2, 0.25) is 0 Å². The van der Waals surface area contributed by atoms with Gasteiger partial charge in [-0.3, -0.25) is 0 Å². The summed E-state index contributed by atoms with van der Waals surface area (Å²) in [5, 5.41) is 3.24. The highest BCUT2D eigenvalue weighted by Gasteiger charge is 2.41. The number of halogens is 1. The Labute approximate surface area is 172 Å². The van der Waals surface area contributed by atoms with Crippen LogP contribution in [-0.4, -0.2) is 12.3 Å². The molecule has 0 aliphatic rings. The molecule has 0 nitrogen and oxygen atoms in total. The van der Waals surface area contributed by atoms with Crippen molar-refractivity contribution in [3.05, 3.63) is 60.7 Å². The Morgan fingerprint density at radius 3 is 1.27 bits per heavy atom. The summed E-state index contributed by atoms with van der Waals surface area (Å²) in [4.78, 5) is 0. The highest BCUT2D eigenvalue weighted by molar-refractivity contribution is 7.89. The number of hydrogen-bond acceptors (Lipinski definition) is 0. The van der Waals surface area contributed by atoms with Crippen molar-refractivity contribution in [2.24, 2.45) is 0 Å². The van der Waals surface area contributed by atoms with Crippen LogP contribution in [0.4, 0.5) is 0 Å². The van der Waals surface area contributed by atoms with E-state index in [0.717, 1.165) is 0 Å². The molecule has 0 atom stereocenters. The number of unbranched alkanes of at least 4 members (excludes halogenated alkanes) is 6. The Hall–Kier alpha value is -0.650. The highest BCUT2D eigenvalue weighted by atomic mass is 79.9. The summed E-state index contributed by atoms with van der Waals surface area (Å²) in [6.45, 7) is 4.61.